The lowest BCUT2D eigenvalue weighted by Crippen LogP contribution is -2.05. The molecule has 0 amide bonds. The van der Waals surface area contributed by atoms with Crippen molar-refractivity contribution in [1.29, 1.82) is 0 Å². The number of carbonyl (C=O) groups is 1. The highest BCUT2D eigenvalue weighted by Gasteiger charge is 2.25. The first-order valence-corrected chi connectivity index (χ1v) is 4.21. The number of rotatable bonds is 2. The van der Waals surface area contributed by atoms with Crippen molar-refractivity contribution in [2.75, 3.05) is 7.11 Å². The fourth-order valence-electron chi connectivity index (χ4n) is 1.14. The van der Waals surface area contributed by atoms with Crippen LogP contribution in [-0.4, -0.2) is 23.0 Å². The SMILES string of the molecule is COC(=O)c1cnc(C2CC2)cn1. The van der Waals surface area contributed by atoms with Crippen LogP contribution < -0.4 is 0 Å². The summed E-state index contributed by atoms with van der Waals surface area (Å²) >= 11 is 0. The molecule has 0 N–H and O–H groups in total. The lowest BCUT2D eigenvalue weighted by atomic mass is 10.3. The normalized spacial score (nSPS) is 15.5. The summed E-state index contributed by atoms with van der Waals surface area (Å²) in [5.41, 5.74) is 1.25. The predicted molar refractivity (Wildman–Crippen MR) is 45.3 cm³/mol. The van der Waals surface area contributed by atoms with E-state index in [0.717, 1.165) is 5.69 Å². The first kappa shape index (κ1) is 8.16. The zero-order chi connectivity index (χ0) is 9.26. The van der Waals surface area contributed by atoms with Crippen molar-refractivity contribution in [1.82, 2.24) is 9.97 Å². The Hall–Kier alpha value is -1.45. The van der Waals surface area contributed by atoms with E-state index in [9.17, 15) is 4.79 Å². The van der Waals surface area contributed by atoms with Gasteiger partial charge < -0.3 is 4.74 Å². The Kier molecular flexibility index (Phi) is 1.96. The summed E-state index contributed by atoms with van der Waals surface area (Å²) in [6.45, 7) is 0. The monoisotopic (exact) mass is 178 g/mol. The van der Waals surface area contributed by atoms with Gasteiger partial charge in [0.15, 0.2) is 5.69 Å². The highest BCUT2D eigenvalue weighted by atomic mass is 16.5. The molecule has 0 aliphatic heterocycles. The minimum atomic E-state index is -0.435. The van der Waals surface area contributed by atoms with Gasteiger partial charge in [-0.25, -0.2) is 9.78 Å². The summed E-state index contributed by atoms with van der Waals surface area (Å²) in [7, 11) is 1.33. The minimum Gasteiger partial charge on any atom is -0.464 e. The molecule has 1 saturated carbocycles. The highest BCUT2D eigenvalue weighted by molar-refractivity contribution is 5.86. The molecule has 0 atom stereocenters. The molecule has 0 radical (unpaired) electrons. The maximum absolute atomic E-state index is 11.0. The van der Waals surface area contributed by atoms with Crippen molar-refractivity contribution in [2.24, 2.45) is 0 Å². The van der Waals surface area contributed by atoms with Gasteiger partial charge in [0.2, 0.25) is 0 Å². The van der Waals surface area contributed by atoms with E-state index in [1.54, 1.807) is 6.20 Å². The Morgan fingerprint density at radius 1 is 1.46 bits per heavy atom. The number of methoxy groups -OCH3 is 1. The molecule has 4 nitrogen and oxygen atoms in total. The summed E-state index contributed by atoms with van der Waals surface area (Å²) in [5, 5.41) is 0. The Balaban J connectivity index is 2.17. The van der Waals surface area contributed by atoms with Crippen molar-refractivity contribution >= 4 is 5.97 Å². The number of carbonyl (C=O) groups excluding carboxylic acids is 1. The smallest absolute Gasteiger partial charge is 0.358 e. The van der Waals surface area contributed by atoms with Crippen molar-refractivity contribution in [3.8, 4) is 0 Å². The van der Waals surface area contributed by atoms with Gasteiger partial charge in [0.1, 0.15) is 0 Å². The van der Waals surface area contributed by atoms with Crippen LogP contribution in [-0.2, 0) is 4.74 Å². The largest absolute Gasteiger partial charge is 0.464 e. The molecule has 4 heteroatoms. The van der Waals surface area contributed by atoms with E-state index in [-0.39, 0.29) is 5.69 Å². The van der Waals surface area contributed by atoms with E-state index in [1.165, 1.54) is 26.1 Å². The van der Waals surface area contributed by atoms with Gasteiger partial charge in [0, 0.05) is 12.1 Å². The van der Waals surface area contributed by atoms with Crippen molar-refractivity contribution in [3.05, 3.63) is 23.8 Å². The highest BCUT2D eigenvalue weighted by Crippen LogP contribution is 2.38. The summed E-state index contributed by atoms with van der Waals surface area (Å²) in [4.78, 5) is 19.1. The fraction of sp³-hybridized carbons (Fsp3) is 0.444. The molecular formula is C9H10N2O2. The van der Waals surface area contributed by atoms with Crippen LogP contribution in [0.4, 0.5) is 0 Å². The molecule has 0 saturated heterocycles. The maximum Gasteiger partial charge on any atom is 0.358 e. The lowest BCUT2D eigenvalue weighted by Gasteiger charge is -1.98. The second kappa shape index (κ2) is 3.12. The van der Waals surface area contributed by atoms with Crippen LogP contribution in [0.5, 0.6) is 0 Å². The van der Waals surface area contributed by atoms with Gasteiger partial charge in [-0.3, -0.25) is 4.98 Å². The van der Waals surface area contributed by atoms with Crippen LogP contribution in [0.1, 0.15) is 34.9 Å². The molecule has 0 aromatic carbocycles. The number of esters is 1. The molecule has 1 aromatic rings. The summed E-state index contributed by atoms with van der Waals surface area (Å²) in [6.07, 6.45) is 5.50. The number of nitrogens with zero attached hydrogens (tertiary/aromatic N) is 2. The molecule has 1 aliphatic rings. The third-order valence-corrected chi connectivity index (χ3v) is 2.06. The van der Waals surface area contributed by atoms with Crippen molar-refractivity contribution in [2.45, 2.75) is 18.8 Å². The molecule has 0 spiro atoms. The van der Waals surface area contributed by atoms with Gasteiger partial charge in [-0.05, 0) is 12.8 Å². The number of ether oxygens (including phenoxy) is 1. The van der Waals surface area contributed by atoms with Gasteiger partial charge in [0.05, 0.1) is 19.0 Å². The Morgan fingerprint density at radius 3 is 2.69 bits per heavy atom. The second-order valence-corrected chi connectivity index (χ2v) is 3.09. The molecule has 0 unspecified atom stereocenters. The van der Waals surface area contributed by atoms with Crippen LogP contribution in [0.3, 0.4) is 0 Å². The van der Waals surface area contributed by atoms with E-state index < -0.39 is 5.97 Å². The molecule has 68 valence electrons. The fourth-order valence-corrected chi connectivity index (χ4v) is 1.14. The van der Waals surface area contributed by atoms with Crippen LogP contribution in [0.15, 0.2) is 12.4 Å². The topological polar surface area (TPSA) is 52.1 Å². The predicted octanol–water partition coefficient (Wildman–Crippen LogP) is 1.14. The molecule has 1 aromatic heterocycles. The zero-order valence-corrected chi connectivity index (χ0v) is 7.36. The Bertz CT molecular complexity index is 317. The summed E-state index contributed by atoms with van der Waals surface area (Å²) < 4.78 is 4.51. The minimum absolute atomic E-state index is 0.270. The van der Waals surface area contributed by atoms with Crippen molar-refractivity contribution in [3.63, 3.8) is 0 Å². The lowest BCUT2D eigenvalue weighted by molar-refractivity contribution is 0.0593. The standard InChI is InChI=1S/C9H10N2O2/c1-13-9(12)8-5-10-7(4-11-8)6-2-3-6/h4-6H,2-3H2,1H3. The van der Waals surface area contributed by atoms with E-state index in [4.69, 9.17) is 0 Å². The van der Waals surface area contributed by atoms with E-state index >= 15 is 0 Å². The first-order chi connectivity index (χ1) is 6.31. The van der Waals surface area contributed by atoms with E-state index in [0.29, 0.717) is 5.92 Å². The molecule has 1 fully saturated rings. The first-order valence-electron chi connectivity index (χ1n) is 4.21. The average Bonchev–Trinajstić information content (AvgIpc) is 3.00. The number of aromatic nitrogens is 2. The average molecular weight is 178 g/mol. The molecule has 2 rings (SSSR count). The Morgan fingerprint density at radius 2 is 2.23 bits per heavy atom. The third kappa shape index (κ3) is 1.66. The maximum atomic E-state index is 11.0. The van der Waals surface area contributed by atoms with Gasteiger partial charge in [-0.15, -0.1) is 0 Å². The van der Waals surface area contributed by atoms with Gasteiger partial charge >= 0.3 is 5.97 Å². The van der Waals surface area contributed by atoms with Gasteiger partial charge in [0.25, 0.3) is 0 Å². The van der Waals surface area contributed by atoms with Gasteiger partial charge in [-0.2, -0.15) is 0 Å². The summed E-state index contributed by atoms with van der Waals surface area (Å²) in [5.74, 6) is 0.133. The van der Waals surface area contributed by atoms with Crippen LogP contribution >= 0.6 is 0 Å². The zero-order valence-electron chi connectivity index (χ0n) is 7.36. The second-order valence-electron chi connectivity index (χ2n) is 3.09. The molecule has 1 aliphatic carbocycles. The van der Waals surface area contributed by atoms with Crippen LogP contribution in [0.2, 0.25) is 0 Å². The molecule has 13 heavy (non-hydrogen) atoms. The number of hydrogen-bond donors (Lipinski definition) is 0. The van der Waals surface area contributed by atoms with Crippen LogP contribution in [0, 0.1) is 0 Å². The molecular weight excluding hydrogens is 168 g/mol. The van der Waals surface area contributed by atoms with E-state index in [1.807, 2.05) is 0 Å². The number of hydrogen-bond acceptors (Lipinski definition) is 4. The molecule has 1 heterocycles. The summed E-state index contributed by atoms with van der Waals surface area (Å²) in [6, 6.07) is 0. The van der Waals surface area contributed by atoms with Crippen LogP contribution in [0.25, 0.3) is 0 Å². The quantitative estimate of drug-likeness (QED) is 0.637. The van der Waals surface area contributed by atoms with Crippen molar-refractivity contribution < 1.29 is 9.53 Å². The molecule has 0 bridgehead atoms. The van der Waals surface area contributed by atoms with E-state index in [2.05, 4.69) is 14.7 Å². The Labute approximate surface area is 76.0 Å². The third-order valence-electron chi connectivity index (χ3n) is 2.06. The van der Waals surface area contributed by atoms with Gasteiger partial charge in [-0.1, -0.05) is 0 Å².